The molecule has 0 aliphatic heterocycles. The third kappa shape index (κ3) is 5.04. The number of sulfone groups is 1. The lowest BCUT2D eigenvalue weighted by molar-refractivity contribution is -0.116. The number of hydrogen-bond donors (Lipinski definition) is 1. The molecule has 2 aromatic rings. The lowest BCUT2D eigenvalue weighted by Gasteiger charge is -2.08. The molecular weight excluding hydrogens is 348 g/mol. The van der Waals surface area contributed by atoms with Crippen molar-refractivity contribution in [1.82, 2.24) is 4.57 Å². The van der Waals surface area contributed by atoms with Gasteiger partial charge in [0.2, 0.25) is 5.91 Å². The van der Waals surface area contributed by atoms with Crippen molar-refractivity contribution in [3.8, 4) is 0 Å². The van der Waals surface area contributed by atoms with Crippen LogP contribution in [0, 0.1) is 13.8 Å². The molecule has 8 heteroatoms. The lowest BCUT2D eigenvalue weighted by atomic mass is 10.2. The van der Waals surface area contributed by atoms with Crippen LogP contribution in [0.5, 0.6) is 0 Å². The van der Waals surface area contributed by atoms with Crippen LogP contribution in [-0.2, 0) is 26.9 Å². The largest absolute Gasteiger partial charge is 0.326 e. The Balaban J connectivity index is 2.00. The summed E-state index contributed by atoms with van der Waals surface area (Å²) in [6, 6.07) is 6.75. The number of amides is 1. The highest BCUT2D eigenvalue weighted by Crippen LogP contribution is 2.14. The van der Waals surface area contributed by atoms with Crippen molar-refractivity contribution in [3.05, 3.63) is 50.1 Å². The van der Waals surface area contributed by atoms with Crippen LogP contribution < -0.4 is 10.2 Å². The summed E-state index contributed by atoms with van der Waals surface area (Å²) < 4.78 is 24.3. The molecule has 2 rings (SSSR count). The molecule has 0 fully saturated rings. The Morgan fingerprint density at radius 3 is 2.58 bits per heavy atom. The highest BCUT2D eigenvalue weighted by atomic mass is 32.2. The maximum Gasteiger partial charge on any atom is 0.307 e. The second-order valence-corrected chi connectivity index (χ2v) is 9.04. The van der Waals surface area contributed by atoms with Crippen molar-refractivity contribution in [2.45, 2.75) is 32.6 Å². The molecule has 0 atom stereocenters. The van der Waals surface area contributed by atoms with Crippen molar-refractivity contribution in [2.75, 3.05) is 11.6 Å². The Hall–Kier alpha value is -1.93. The number of carbonyl (C=O) groups is 1. The molecule has 1 N–H and O–H groups in total. The van der Waals surface area contributed by atoms with Gasteiger partial charge in [0, 0.05) is 35.5 Å². The quantitative estimate of drug-likeness (QED) is 0.846. The molecule has 0 radical (unpaired) electrons. The average Bonchev–Trinajstić information content (AvgIpc) is 2.68. The first-order valence-corrected chi connectivity index (χ1v) is 10.3. The number of anilines is 1. The van der Waals surface area contributed by atoms with Gasteiger partial charge in [-0.3, -0.25) is 9.59 Å². The van der Waals surface area contributed by atoms with E-state index in [9.17, 15) is 18.0 Å². The van der Waals surface area contributed by atoms with E-state index >= 15 is 0 Å². The number of thiazole rings is 1. The Morgan fingerprint density at radius 2 is 2.00 bits per heavy atom. The number of nitrogens with zero attached hydrogens (tertiary/aromatic N) is 1. The number of benzene rings is 1. The van der Waals surface area contributed by atoms with Gasteiger partial charge in [0.05, 0.1) is 5.75 Å². The molecule has 0 spiro atoms. The van der Waals surface area contributed by atoms with Gasteiger partial charge in [-0.25, -0.2) is 8.42 Å². The molecule has 0 unspecified atom stereocenters. The zero-order valence-electron chi connectivity index (χ0n) is 13.8. The summed E-state index contributed by atoms with van der Waals surface area (Å²) in [5.41, 5.74) is 2.05. The van der Waals surface area contributed by atoms with Crippen LogP contribution in [-0.4, -0.2) is 25.1 Å². The van der Waals surface area contributed by atoms with Gasteiger partial charge in [0.25, 0.3) is 0 Å². The fraction of sp³-hybridized carbons (Fsp3) is 0.375. The summed E-state index contributed by atoms with van der Waals surface area (Å²) in [7, 11) is -3.13. The Labute approximate surface area is 145 Å². The van der Waals surface area contributed by atoms with E-state index in [0.29, 0.717) is 17.8 Å². The maximum absolute atomic E-state index is 12.1. The van der Waals surface area contributed by atoms with Gasteiger partial charge in [0.15, 0.2) is 9.84 Å². The monoisotopic (exact) mass is 368 g/mol. The molecule has 0 saturated heterocycles. The third-order valence-electron chi connectivity index (χ3n) is 3.58. The number of carbonyl (C=O) groups excluding carboxylic acids is 1. The first-order chi connectivity index (χ1) is 11.2. The van der Waals surface area contributed by atoms with Crippen LogP contribution in [0.3, 0.4) is 0 Å². The summed E-state index contributed by atoms with van der Waals surface area (Å²) in [6.07, 6.45) is 1.34. The molecule has 1 aromatic heterocycles. The minimum atomic E-state index is -3.13. The van der Waals surface area contributed by atoms with Gasteiger partial charge >= 0.3 is 4.87 Å². The highest BCUT2D eigenvalue weighted by molar-refractivity contribution is 7.89. The summed E-state index contributed by atoms with van der Waals surface area (Å²) in [4.78, 5) is 24.8. The molecule has 0 aliphatic carbocycles. The molecule has 6 nitrogen and oxygen atoms in total. The fourth-order valence-electron chi connectivity index (χ4n) is 2.32. The molecular formula is C16H20N2O4S2. The predicted octanol–water partition coefficient (Wildman–Crippen LogP) is 2.10. The van der Waals surface area contributed by atoms with E-state index in [0.717, 1.165) is 10.6 Å². The molecule has 1 heterocycles. The minimum absolute atomic E-state index is 0.0621. The van der Waals surface area contributed by atoms with Gasteiger partial charge in [0.1, 0.15) is 0 Å². The number of aryl methyl sites for hydroxylation is 1. The van der Waals surface area contributed by atoms with Crippen LogP contribution in [0.1, 0.15) is 22.6 Å². The molecule has 1 aromatic carbocycles. The zero-order valence-corrected chi connectivity index (χ0v) is 15.5. The molecule has 0 bridgehead atoms. The van der Waals surface area contributed by atoms with Crippen LogP contribution in [0.15, 0.2) is 29.1 Å². The fourth-order valence-corrected chi connectivity index (χ4v) is 3.97. The van der Waals surface area contributed by atoms with Gasteiger partial charge in [-0.15, -0.1) is 0 Å². The number of rotatable bonds is 6. The van der Waals surface area contributed by atoms with Gasteiger partial charge < -0.3 is 9.88 Å². The molecule has 24 heavy (non-hydrogen) atoms. The van der Waals surface area contributed by atoms with E-state index in [1.807, 2.05) is 13.8 Å². The van der Waals surface area contributed by atoms with Crippen LogP contribution in [0.4, 0.5) is 5.69 Å². The van der Waals surface area contributed by atoms with E-state index in [1.54, 1.807) is 28.8 Å². The average molecular weight is 368 g/mol. The topological polar surface area (TPSA) is 85.2 Å². The van der Waals surface area contributed by atoms with E-state index in [1.165, 1.54) is 17.6 Å². The summed E-state index contributed by atoms with van der Waals surface area (Å²) >= 11 is 1.18. The van der Waals surface area contributed by atoms with Crippen molar-refractivity contribution >= 4 is 32.8 Å². The molecule has 0 aliphatic rings. The number of hydrogen-bond acceptors (Lipinski definition) is 5. The van der Waals surface area contributed by atoms with Gasteiger partial charge in [-0.1, -0.05) is 23.5 Å². The standard InChI is InChI=1S/C16H20N2O4S2/c1-11-12(2)23-16(20)18(11)8-7-15(19)17-14-6-4-5-13(9-14)10-24(3,21)22/h4-6,9H,7-8,10H2,1-3H3,(H,17,19). The van der Waals surface area contributed by atoms with Crippen molar-refractivity contribution < 1.29 is 13.2 Å². The first-order valence-electron chi connectivity index (χ1n) is 7.39. The molecule has 1 amide bonds. The Kier molecular flexibility index (Phi) is 5.61. The van der Waals surface area contributed by atoms with Crippen LogP contribution in [0.2, 0.25) is 0 Å². The van der Waals surface area contributed by atoms with Crippen LogP contribution >= 0.6 is 11.3 Å². The number of nitrogens with one attached hydrogen (secondary N) is 1. The van der Waals surface area contributed by atoms with Crippen molar-refractivity contribution in [3.63, 3.8) is 0 Å². The van der Waals surface area contributed by atoms with Gasteiger partial charge in [-0.05, 0) is 31.5 Å². The minimum Gasteiger partial charge on any atom is -0.326 e. The Morgan fingerprint density at radius 1 is 1.29 bits per heavy atom. The van der Waals surface area contributed by atoms with E-state index in [-0.39, 0.29) is 23.0 Å². The van der Waals surface area contributed by atoms with Gasteiger partial charge in [-0.2, -0.15) is 0 Å². The second kappa shape index (κ2) is 7.31. The first kappa shape index (κ1) is 18.4. The van der Waals surface area contributed by atoms with E-state index in [2.05, 4.69) is 5.32 Å². The molecule has 0 saturated carbocycles. The maximum atomic E-state index is 12.1. The molecule has 130 valence electrons. The van der Waals surface area contributed by atoms with Crippen molar-refractivity contribution in [1.29, 1.82) is 0 Å². The zero-order chi connectivity index (χ0) is 17.9. The summed E-state index contributed by atoms with van der Waals surface area (Å²) in [5, 5.41) is 2.74. The van der Waals surface area contributed by atoms with Crippen molar-refractivity contribution in [2.24, 2.45) is 0 Å². The summed E-state index contributed by atoms with van der Waals surface area (Å²) in [5.74, 6) is -0.291. The smallest absolute Gasteiger partial charge is 0.307 e. The summed E-state index contributed by atoms with van der Waals surface area (Å²) in [6.45, 7) is 4.06. The normalized spacial score (nSPS) is 11.5. The van der Waals surface area contributed by atoms with E-state index < -0.39 is 9.84 Å². The van der Waals surface area contributed by atoms with Crippen LogP contribution in [0.25, 0.3) is 0 Å². The Bertz CT molecular complexity index is 910. The lowest BCUT2D eigenvalue weighted by Crippen LogP contribution is -2.20. The third-order valence-corrected chi connectivity index (χ3v) is 5.43. The predicted molar refractivity (Wildman–Crippen MR) is 96.3 cm³/mol. The highest BCUT2D eigenvalue weighted by Gasteiger charge is 2.10. The number of aromatic nitrogens is 1. The second-order valence-electron chi connectivity index (χ2n) is 5.73. The van der Waals surface area contributed by atoms with E-state index in [4.69, 9.17) is 0 Å². The SMILES string of the molecule is Cc1sc(=O)n(CCC(=O)Nc2cccc(CS(C)(=O)=O)c2)c1C.